The Bertz CT molecular complexity index is 615. The third-order valence-electron chi connectivity index (χ3n) is 3.17. The number of amides is 1. The van der Waals surface area contributed by atoms with Crippen LogP contribution in [0.25, 0.3) is 0 Å². The first-order valence-corrected chi connectivity index (χ1v) is 7.11. The van der Waals surface area contributed by atoms with E-state index in [1.165, 1.54) is 17.6 Å². The van der Waals surface area contributed by atoms with Crippen molar-refractivity contribution >= 4 is 22.9 Å². The molecule has 2 rings (SSSR count). The molecule has 0 fully saturated rings. The van der Waals surface area contributed by atoms with Crippen LogP contribution >= 0.6 is 11.3 Å². The van der Waals surface area contributed by atoms with Gasteiger partial charge >= 0.3 is 0 Å². The number of hydrogen-bond acceptors (Lipinski definition) is 4. The molecule has 0 bridgehead atoms. The quantitative estimate of drug-likeness (QED) is 0.851. The van der Waals surface area contributed by atoms with E-state index in [0.29, 0.717) is 23.5 Å². The van der Waals surface area contributed by atoms with Gasteiger partial charge in [0.1, 0.15) is 5.75 Å². The van der Waals surface area contributed by atoms with E-state index in [9.17, 15) is 4.79 Å². The summed E-state index contributed by atoms with van der Waals surface area (Å²) in [6.45, 7) is 4.65. The molecule has 2 aromatic rings. The van der Waals surface area contributed by atoms with Gasteiger partial charge in [-0.1, -0.05) is 6.07 Å². The van der Waals surface area contributed by atoms with E-state index in [2.05, 4.69) is 25.2 Å². The second-order valence-electron chi connectivity index (χ2n) is 4.56. The van der Waals surface area contributed by atoms with Crippen molar-refractivity contribution in [3.63, 3.8) is 0 Å². The second kappa shape index (κ2) is 5.96. The molecule has 0 aliphatic heterocycles. The van der Waals surface area contributed by atoms with Crippen LogP contribution < -0.4 is 15.8 Å². The van der Waals surface area contributed by atoms with Gasteiger partial charge in [0.05, 0.1) is 24.9 Å². The van der Waals surface area contributed by atoms with Crippen molar-refractivity contribution in [1.82, 2.24) is 5.32 Å². The molecule has 0 aliphatic carbocycles. The molecule has 5 heteroatoms. The van der Waals surface area contributed by atoms with Crippen LogP contribution in [-0.4, -0.2) is 13.0 Å². The van der Waals surface area contributed by atoms with Crippen molar-refractivity contribution in [3.8, 4) is 5.75 Å². The molecule has 0 saturated heterocycles. The van der Waals surface area contributed by atoms with Gasteiger partial charge in [-0.15, -0.1) is 11.3 Å². The zero-order valence-corrected chi connectivity index (χ0v) is 12.6. The van der Waals surface area contributed by atoms with Crippen molar-refractivity contribution in [2.45, 2.75) is 20.4 Å². The van der Waals surface area contributed by atoms with Crippen molar-refractivity contribution in [1.29, 1.82) is 0 Å². The number of nitrogens with two attached hydrogens (primary N) is 1. The van der Waals surface area contributed by atoms with Crippen molar-refractivity contribution < 1.29 is 9.53 Å². The minimum Gasteiger partial charge on any atom is -0.495 e. The van der Waals surface area contributed by atoms with Crippen LogP contribution in [0.4, 0.5) is 5.69 Å². The van der Waals surface area contributed by atoms with Crippen LogP contribution in [0.15, 0.2) is 24.3 Å². The van der Waals surface area contributed by atoms with Crippen molar-refractivity contribution in [3.05, 3.63) is 45.1 Å². The van der Waals surface area contributed by atoms with Gasteiger partial charge in [0.2, 0.25) is 0 Å². The number of carbonyl (C=O) groups excluding carboxylic acids is 1. The monoisotopic (exact) mass is 290 g/mol. The molecule has 1 aromatic carbocycles. The zero-order valence-electron chi connectivity index (χ0n) is 11.8. The lowest BCUT2D eigenvalue weighted by Gasteiger charge is -2.09. The molecule has 0 unspecified atom stereocenters. The lowest BCUT2D eigenvalue weighted by Crippen LogP contribution is -2.23. The number of benzene rings is 1. The van der Waals surface area contributed by atoms with Gasteiger partial charge in [0.25, 0.3) is 5.91 Å². The smallest absolute Gasteiger partial charge is 0.253 e. The molecule has 0 aliphatic rings. The number of nitrogen functional groups attached to an aromatic ring is 1. The van der Waals surface area contributed by atoms with Crippen molar-refractivity contribution in [2.24, 2.45) is 0 Å². The van der Waals surface area contributed by atoms with E-state index in [4.69, 9.17) is 10.5 Å². The molecule has 0 spiro atoms. The molecule has 3 N–H and O–H groups in total. The number of ether oxygens (including phenoxy) is 1. The number of thiophene rings is 1. The van der Waals surface area contributed by atoms with Gasteiger partial charge in [0, 0.05) is 9.75 Å². The predicted octanol–water partition coefficient (Wildman–Crippen LogP) is 2.89. The molecule has 1 heterocycles. The van der Waals surface area contributed by atoms with E-state index < -0.39 is 0 Å². The third-order valence-corrected chi connectivity index (χ3v) is 4.32. The first kappa shape index (κ1) is 14.4. The number of hydrogen-bond donors (Lipinski definition) is 2. The zero-order chi connectivity index (χ0) is 14.7. The number of para-hydroxylation sites is 1. The topological polar surface area (TPSA) is 64.3 Å². The maximum Gasteiger partial charge on any atom is 0.253 e. The summed E-state index contributed by atoms with van der Waals surface area (Å²) in [7, 11) is 1.53. The standard InChI is InChI=1S/C15H18N2O2S/c1-9-7-11(20-10(9)2)8-17-15(18)12-5-4-6-13(19-3)14(12)16/h4-7H,8,16H2,1-3H3,(H,17,18). The molecule has 0 atom stereocenters. The lowest BCUT2D eigenvalue weighted by molar-refractivity contribution is 0.0952. The summed E-state index contributed by atoms with van der Waals surface area (Å²) in [5.74, 6) is 0.325. The number of rotatable bonds is 4. The molecule has 0 saturated carbocycles. The summed E-state index contributed by atoms with van der Waals surface area (Å²) in [6, 6.07) is 7.27. The third kappa shape index (κ3) is 2.93. The van der Waals surface area contributed by atoms with Gasteiger partial charge in [-0.05, 0) is 37.6 Å². The van der Waals surface area contributed by atoms with Crippen molar-refractivity contribution in [2.75, 3.05) is 12.8 Å². The average Bonchev–Trinajstić information content (AvgIpc) is 2.75. The molecule has 4 nitrogen and oxygen atoms in total. The Labute approximate surface area is 122 Å². The Morgan fingerprint density at radius 1 is 1.40 bits per heavy atom. The predicted molar refractivity (Wildman–Crippen MR) is 82.4 cm³/mol. The fourth-order valence-electron chi connectivity index (χ4n) is 1.92. The fraction of sp³-hybridized carbons (Fsp3) is 0.267. The minimum atomic E-state index is -0.190. The van der Waals surface area contributed by atoms with E-state index in [1.54, 1.807) is 29.5 Å². The number of methoxy groups -OCH3 is 1. The van der Waals surface area contributed by atoms with Gasteiger partial charge in [-0.3, -0.25) is 4.79 Å². The van der Waals surface area contributed by atoms with E-state index >= 15 is 0 Å². The summed E-state index contributed by atoms with van der Waals surface area (Å²) in [5.41, 5.74) is 7.96. The Hall–Kier alpha value is -2.01. The highest BCUT2D eigenvalue weighted by Crippen LogP contribution is 2.25. The highest BCUT2D eigenvalue weighted by Gasteiger charge is 2.13. The summed E-state index contributed by atoms with van der Waals surface area (Å²) < 4.78 is 5.11. The number of anilines is 1. The molecular formula is C15H18N2O2S. The Morgan fingerprint density at radius 2 is 2.15 bits per heavy atom. The Kier molecular flexibility index (Phi) is 4.29. The Balaban J connectivity index is 2.09. The summed E-state index contributed by atoms with van der Waals surface area (Å²) in [4.78, 5) is 14.6. The van der Waals surface area contributed by atoms with Gasteiger partial charge < -0.3 is 15.8 Å². The minimum absolute atomic E-state index is 0.190. The largest absolute Gasteiger partial charge is 0.495 e. The molecule has 1 amide bonds. The maximum atomic E-state index is 12.2. The van der Waals surface area contributed by atoms with Crippen LogP contribution in [0.1, 0.15) is 25.7 Å². The Morgan fingerprint density at radius 3 is 2.75 bits per heavy atom. The SMILES string of the molecule is COc1cccc(C(=O)NCc2cc(C)c(C)s2)c1N. The molecule has 106 valence electrons. The fourth-order valence-corrected chi connectivity index (χ4v) is 2.91. The van der Waals surface area contributed by atoms with Crippen LogP contribution in [0, 0.1) is 13.8 Å². The summed E-state index contributed by atoms with van der Waals surface area (Å²) in [5, 5.41) is 2.88. The van der Waals surface area contributed by atoms with Crippen LogP contribution in [0.3, 0.4) is 0 Å². The number of aryl methyl sites for hydroxylation is 2. The lowest BCUT2D eigenvalue weighted by atomic mass is 10.1. The first-order valence-electron chi connectivity index (χ1n) is 6.29. The second-order valence-corrected chi connectivity index (χ2v) is 5.90. The number of nitrogens with one attached hydrogen (secondary N) is 1. The van der Waals surface area contributed by atoms with E-state index in [1.807, 2.05) is 0 Å². The maximum absolute atomic E-state index is 12.2. The highest BCUT2D eigenvalue weighted by molar-refractivity contribution is 7.12. The average molecular weight is 290 g/mol. The summed E-state index contributed by atoms with van der Waals surface area (Å²) in [6.07, 6.45) is 0. The molecule has 0 radical (unpaired) electrons. The normalized spacial score (nSPS) is 10.3. The van der Waals surface area contributed by atoms with Crippen LogP contribution in [0.2, 0.25) is 0 Å². The highest BCUT2D eigenvalue weighted by atomic mass is 32.1. The first-order chi connectivity index (χ1) is 9.52. The number of carbonyl (C=O) groups is 1. The molecule has 1 aromatic heterocycles. The van der Waals surface area contributed by atoms with Gasteiger partial charge in [-0.2, -0.15) is 0 Å². The van der Waals surface area contributed by atoms with Gasteiger partial charge in [0.15, 0.2) is 0 Å². The molecule has 20 heavy (non-hydrogen) atoms. The van der Waals surface area contributed by atoms with E-state index in [-0.39, 0.29) is 5.91 Å². The molecular weight excluding hydrogens is 272 g/mol. The van der Waals surface area contributed by atoms with Crippen LogP contribution in [0.5, 0.6) is 5.75 Å². The van der Waals surface area contributed by atoms with Crippen LogP contribution in [-0.2, 0) is 6.54 Å². The van der Waals surface area contributed by atoms with Gasteiger partial charge in [-0.25, -0.2) is 0 Å². The van der Waals surface area contributed by atoms with E-state index in [0.717, 1.165) is 4.88 Å². The summed E-state index contributed by atoms with van der Waals surface area (Å²) >= 11 is 1.69.